The molecular formula is C11H12BrN3S. The Labute approximate surface area is 107 Å². The van der Waals surface area contributed by atoms with Gasteiger partial charge in [-0.05, 0) is 11.6 Å². The van der Waals surface area contributed by atoms with Crippen molar-refractivity contribution in [2.45, 2.75) is 19.9 Å². The summed E-state index contributed by atoms with van der Waals surface area (Å²) in [5, 5.41) is 4.15. The molecule has 0 radical (unpaired) electrons. The largest absolute Gasteiger partial charge is 0.356 e. The van der Waals surface area contributed by atoms with Crippen molar-refractivity contribution in [3.8, 4) is 0 Å². The summed E-state index contributed by atoms with van der Waals surface area (Å²) in [6, 6.07) is 8.15. The van der Waals surface area contributed by atoms with Crippen LogP contribution in [0, 0.1) is 0 Å². The van der Waals surface area contributed by atoms with Gasteiger partial charge in [-0.1, -0.05) is 41.1 Å². The molecule has 1 N–H and O–H groups in total. The van der Waals surface area contributed by atoms with E-state index in [1.165, 1.54) is 17.1 Å². The molecule has 0 amide bonds. The predicted octanol–water partition coefficient (Wildman–Crippen LogP) is 3.48. The van der Waals surface area contributed by atoms with Crippen LogP contribution in [0.3, 0.4) is 0 Å². The molecule has 84 valence electrons. The molecule has 0 unspecified atom stereocenters. The van der Waals surface area contributed by atoms with Crippen LogP contribution in [0.1, 0.15) is 18.3 Å². The highest BCUT2D eigenvalue weighted by Gasteiger charge is 2.02. The number of halogens is 1. The third-order valence-electron chi connectivity index (χ3n) is 2.17. The van der Waals surface area contributed by atoms with Crippen LogP contribution in [-0.4, -0.2) is 9.36 Å². The quantitative estimate of drug-likeness (QED) is 0.939. The molecule has 0 aliphatic heterocycles. The first-order valence-corrected chi connectivity index (χ1v) is 6.66. The first kappa shape index (κ1) is 11.5. The molecule has 0 saturated carbocycles. The average molecular weight is 298 g/mol. The second-order valence-corrected chi connectivity index (χ2v) is 4.92. The number of anilines is 1. The van der Waals surface area contributed by atoms with Crippen LogP contribution in [0.2, 0.25) is 0 Å². The molecule has 1 heterocycles. The van der Waals surface area contributed by atoms with Gasteiger partial charge >= 0.3 is 0 Å². The SMILES string of the molecule is CCc1nsc(NCc2ccccc2Br)n1. The van der Waals surface area contributed by atoms with Crippen molar-refractivity contribution in [2.24, 2.45) is 0 Å². The highest BCUT2D eigenvalue weighted by Crippen LogP contribution is 2.18. The highest BCUT2D eigenvalue weighted by atomic mass is 79.9. The Kier molecular flexibility index (Phi) is 3.90. The molecular weight excluding hydrogens is 286 g/mol. The Morgan fingerprint density at radius 2 is 2.19 bits per heavy atom. The summed E-state index contributed by atoms with van der Waals surface area (Å²) in [5.74, 6) is 0.902. The van der Waals surface area contributed by atoms with Crippen LogP contribution in [-0.2, 0) is 13.0 Å². The monoisotopic (exact) mass is 297 g/mol. The van der Waals surface area contributed by atoms with Crippen LogP contribution >= 0.6 is 27.5 Å². The van der Waals surface area contributed by atoms with Crippen LogP contribution in [0.4, 0.5) is 5.13 Å². The minimum Gasteiger partial charge on any atom is -0.356 e. The standard InChI is InChI=1S/C11H12BrN3S/c1-2-10-14-11(16-15-10)13-7-8-5-3-4-6-9(8)12/h3-6H,2,7H2,1H3,(H,13,14,15). The molecule has 16 heavy (non-hydrogen) atoms. The molecule has 1 aromatic carbocycles. The number of nitrogens with one attached hydrogen (secondary N) is 1. The molecule has 5 heteroatoms. The summed E-state index contributed by atoms with van der Waals surface area (Å²) in [7, 11) is 0. The summed E-state index contributed by atoms with van der Waals surface area (Å²) >= 11 is 4.93. The number of aromatic nitrogens is 2. The zero-order valence-corrected chi connectivity index (χ0v) is 11.3. The van der Waals surface area contributed by atoms with Gasteiger partial charge in [0.15, 0.2) is 0 Å². The average Bonchev–Trinajstić information content (AvgIpc) is 2.76. The van der Waals surface area contributed by atoms with E-state index in [0.717, 1.165) is 28.4 Å². The fourth-order valence-corrected chi connectivity index (χ4v) is 2.35. The van der Waals surface area contributed by atoms with Gasteiger partial charge in [0.25, 0.3) is 0 Å². The maximum absolute atomic E-state index is 4.35. The Morgan fingerprint density at radius 3 is 2.88 bits per heavy atom. The van der Waals surface area contributed by atoms with Crippen molar-refractivity contribution in [3.05, 3.63) is 40.1 Å². The lowest BCUT2D eigenvalue weighted by molar-refractivity contribution is 0.992. The number of hydrogen-bond donors (Lipinski definition) is 1. The van der Waals surface area contributed by atoms with Crippen LogP contribution in [0.5, 0.6) is 0 Å². The molecule has 0 bridgehead atoms. The summed E-state index contributed by atoms with van der Waals surface area (Å²) in [6.45, 7) is 2.82. The molecule has 0 atom stereocenters. The number of hydrogen-bond acceptors (Lipinski definition) is 4. The van der Waals surface area contributed by atoms with Crippen LogP contribution < -0.4 is 5.32 Å². The van der Waals surface area contributed by atoms with E-state index in [2.05, 4.69) is 43.6 Å². The van der Waals surface area contributed by atoms with Gasteiger partial charge in [-0.15, -0.1) is 0 Å². The third-order valence-corrected chi connectivity index (χ3v) is 3.66. The van der Waals surface area contributed by atoms with Crippen molar-refractivity contribution in [3.63, 3.8) is 0 Å². The number of nitrogens with zero attached hydrogens (tertiary/aromatic N) is 2. The van der Waals surface area contributed by atoms with Crippen molar-refractivity contribution in [1.29, 1.82) is 0 Å². The minimum atomic E-state index is 0.764. The van der Waals surface area contributed by atoms with Crippen LogP contribution in [0.15, 0.2) is 28.7 Å². The van der Waals surface area contributed by atoms with E-state index >= 15 is 0 Å². The van der Waals surface area contributed by atoms with Crippen molar-refractivity contribution in [1.82, 2.24) is 9.36 Å². The van der Waals surface area contributed by atoms with Gasteiger partial charge in [-0.3, -0.25) is 0 Å². The van der Waals surface area contributed by atoms with Crippen molar-refractivity contribution in [2.75, 3.05) is 5.32 Å². The van der Waals surface area contributed by atoms with E-state index in [9.17, 15) is 0 Å². The lowest BCUT2D eigenvalue weighted by Gasteiger charge is -2.04. The number of rotatable bonds is 4. The second-order valence-electron chi connectivity index (χ2n) is 3.31. The van der Waals surface area contributed by atoms with E-state index < -0.39 is 0 Å². The van der Waals surface area contributed by atoms with E-state index in [1.807, 2.05) is 18.2 Å². The highest BCUT2D eigenvalue weighted by molar-refractivity contribution is 9.10. The van der Waals surface area contributed by atoms with Gasteiger partial charge < -0.3 is 5.32 Å². The minimum absolute atomic E-state index is 0.764. The number of aryl methyl sites for hydroxylation is 1. The Hall–Kier alpha value is -0.940. The van der Waals surface area contributed by atoms with E-state index in [0.29, 0.717) is 0 Å². The van der Waals surface area contributed by atoms with E-state index in [1.54, 1.807) is 0 Å². The smallest absolute Gasteiger partial charge is 0.202 e. The molecule has 1 aromatic heterocycles. The van der Waals surface area contributed by atoms with Gasteiger partial charge in [0, 0.05) is 29.0 Å². The summed E-state index contributed by atoms with van der Waals surface area (Å²) in [6.07, 6.45) is 0.882. The Morgan fingerprint density at radius 1 is 1.38 bits per heavy atom. The Balaban J connectivity index is 1.99. The molecule has 0 fully saturated rings. The summed E-state index contributed by atoms with van der Waals surface area (Å²) < 4.78 is 5.34. The lowest BCUT2D eigenvalue weighted by atomic mass is 10.2. The third kappa shape index (κ3) is 2.80. The van der Waals surface area contributed by atoms with Gasteiger partial charge in [0.05, 0.1) is 0 Å². The fourth-order valence-electron chi connectivity index (χ4n) is 1.28. The lowest BCUT2D eigenvalue weighted by Crippen LogP contribution is -1.99. The molecule has 0 spiro atoms. The maximum atomic E-state index is 4.35. The fraction of sp³-hybridized carbons (Fsp3) is 0.273. The Bertz CT molecular complexity index is 470. The van der Waals surface area contributed by atoms with E-state index in [4.69, 9.17) is 0 Å². The molecule has 0 aliphatic carbocycles. The summed E-state index contributed by atoms with van der Waals surface area (Å²) in [4.78, 5) is 4.35. The van der Waals surface area contributed by atoms with Gasteiger partial charge in [-0.2, -0.15) is 4.37 Å². The van der Waals surface area contributed by atoms with Gasteiger partial charge in [0.1, 0.15) is 5.82 Å². The first-order chi connectivity index (χ1) is 7.79. The topological polar surface area (TPSA) is 37.8 Å². The van der Waals surface area contributed by atoms with Gasteiger partial charge in [-0.25, -0.2) is 4.98 Å². The molecule has 0 aliphatic rings. The van der Waals surface area contributed by atoms with E-state index in [-0.39, 0.29) is 0 Å². The maximum Gasteiger partial charge on any atom is 0.202 e. The number of benzene rings is 1. The zero-order chi connectivity index (χ0) is 11.4. The zero-order valence-electron chi connectivity index (χ0n) is 8.90. The second kappa shape index (κ2) is 5.41. The van der Waals surface area contributed by atoms with Crippen LogP contribution in [0.25, 0.3) is 0 Å². The van der Waals surface area contributed by atoms with Crippen molar-refractivity contribution < 1.29 is 0 Å². The van der Waals surface area contributed by atoms with Gasteiger partial charge in [0.2, 0.25) is 5.13 Å². The molecule has 0 saturated heterocycles. The molecule has 2 rings (SSSR count). The summed E-state index contributed by atoms with van der Waals surface area (Å²) in [5.41, 5.74) is 1.22. The van der Waals surface area contributed by atoms with Crippen molar-refractivity contribution >= 4 is 32.6 Å². The first-order valence-electron chi connectivity index (χ1n) is 5.09. The molecule has 3 nitrogen and oxygen atoms in total. The molecule has 2 aromatic rings. The predicted molar refractivity (Wildman–Crippen MR) is 70.8 cm³/mol. The normalized spacial score (nSPS) is 10.4.